The molecule has 1 aliphatic rings. The van der Waals surface area contributed by atoms with Crippen LogP contribution in [0.2, 0.25) is 0 Å². The average molecular weight is 319 g/mol. The maximum absolute atomic E-state index is 11.0. The molecule has 9 nitrogen and oxygen atoms in total. The number of hydrogen-bond acceptors (Lipinski definition) is 8. The Morgan fingerprint density at radius 2 is 1.86 bits per heavy atom. The summed E-state index contributed by atoms with van der Waals surface area (Å²) >= 11 is 0. The Bertz CT molecular complexity index is 405. The molecule has 1 saturated heterocycles. The number of aliphatic hydroxyl groups excluding tert-OH is 3. The molecule has 0 aromatic carbocycles. The van der Waals surface area contributed by atoms with E-state index in [2.05, 4.69) is 6.92 Å². The summed E-state index contributed by atoms with van der Waals surface area (Å²) in [5.41, 5.74) is 6.24. The van der Waals surface area contributed by atoms with E-state index in [4.69, 9.17) is 21.4 Å². The summed E-state index contributed by atoms with van der Waals surface area (Å²) in [4.78, 5) is 11.0. The maximum atomic E-state index is 11.0. The van der Waals surface area contributed by atoms with Crippen LogP contribution < -0.4 is 11.6 Å². The third-order valence-electron chi connectivity index (χ3n) is 3.51. The number of nitrogens with zero attached hydrogens (tertiary/aromatic N) is 1. The van der Waals surface area contributed by atoms with Crippen LogP contribution in [0.1, 0.15) is 32.6 Å². The highest BCUT2D eigenvalue weighted by Crippen LogP contribution is 2.23. The minimum absolute atomic E-state index is 0.444. The second-order valence-corrected chi connectivity index (χ2v) is 5.37. The number of carbonyl (C=O) groups is 1. The molecule has 0 saturated carbocycles. The Morgan fingerprint density at radius 1 is 1.23 bits per heavy atom. The van der Waals surface area contributed by atoms with E-state index in [0.717, 1.165) is 24.3 Å². The van der Waals surface area contributed by atoms with Crippen LogP contribution in [-0.4, -0.2) is 62.0 Å². The molecule has 1 heterocycles. The van der Waals surface area contributed by atoms with E-state index in [0.29, 0.717) is 12.1 Å². The summed E-state index contributed by atoms with van der Waals surface area (Å²) in [5, 5.41) is 39.1. The molecule has 128 valence electrons. The van der Waals surface area contributed by atoms with Crippen LogP contribution >= 0.6 is 0 Å². The fourth-order valence-electron chi connectivity index (χ4n) is 2.22. The van der Waals surface area contributed by atoms with Crippen LogP contribution in [-0.2, 0) is 9.53 Å². The summed E-state index contributed by atoms with van der Waals surface area (Å²) in [7, 11) is 0. The van der Waals surface area contributed by atoms with Crippen LogP contribution in [0.15, 0.2) is 11.9 Å². The van der Waals surface area contributed by atoms with Gasteiger partial charge in [-0.05, 0) is 12.8 Å². The number of nitrogens with two attached hydrogens (primary N) is 2. The van der Waals surface area contributed by atoms with Gasteiger partial charge in [0.05, 0.1) is 0 Å². The fourth-order valence-corrected chi connectivity index (χ4v) is 2.22. The van der Waals surface area contributed by atoms with E-state index in [1.165, 1.54) is 6.20 Å². The van der Waals surface area contributed by atoms with Gasteiger partial charge in [0.15, 0.2) is 12.3 Å². The van der Waals surface area contributed by atoms with Gasteiger partial charge in [-0.3, -0.25) is 5.01 Å². The first kappa shape index (κ1) is 18.7. The second-order valence-electron chi connectivity index (χ2n) is 5.37. The predicted molar refractivity (Wildman–Crippen MR) is 76.8 cm³/mol. The molecule has 5 atom stereocenters. The number of rotatable bonds is 7. The van der Waals surface area contributed by atoms with E-state index in [9.17, 15) is 20.1 Å². The lowest BCUT2D eigenvalue weighted by Crippen LogP contribution is -2.64. The van der Waals surface area contributed by atoms with E-state index < -0.39 is 36.6 Å². The molecule has 22 heavy (non-hydrogen) atoms. The molecule has 0 amide bonds. The first-order valence-electron chi connectivity index (χ1n) is 7.21. The number of allylic oxidation sites excluding steroid dienone is 1. The van der Waals surface area contributed by atoms with Crippen molar-refractivity contribution in [2.24, 2.45) is 11.6 Å². The molecule has 0 spiro atoms. The smallest absolute Gasteiger partial charge is 0.335 e. The van der Waals surface area contributed by atoms with Crippen LogP contribution in [0.4, 0.5) is 0 Å². The summed E-state index contributed by atoms with van der Waals surface area (Å²) in [6.45, 7) is 2.06. The molecule has 1 fully saturated rings. The second kappa shape index (κ2) is 8.30. The average Bonchev–Trinajstić information content (AvgIpc) is 2.44. The van der Waals surface area contributed by atoms with E-state index in [1.807, 2.05) is 0 Å². The van der Waals surface area contributed by atoms with E-state index in [-0.39, 0.29) is 0 Å². The first-order chi connectivity index (χ1) is 10.3. The standard InChI is InChI=1S/C13H25N3O6/c1-2-3-4-5-7(14)6-16(15)12-10(19)8(17)9(18)11(22-12)13(20)21/h6,8-12,17-19H,2-5,14-15H2,1H3,(H,20,21)/b7-6-. The molecule has 0 aliphatic carbocycles. The van der Waals surface area contributed by atoms with Crippen molar-refractivity contribution < 1.29 is 30.0 Å². The Morgan fingerprint density at radius 3 is 2.41 bits per heavy atom. The number of hydrazine groups is 1. The third kappa shape index (κ3) is 4.55. The summed E-state index contributed by atoms with van der Waals surface area (Å²) in [5.74, 6) is 4.26. The molecule has 0 bridgehead atoms. The molecule has 0 aromatic heterocycles. The van der Waals surface area contributed by atoms with Crippen LogP contribution in [0.5, 0.6) is 0 Å². The Labute approximate surface area is 128 Å². The monoisotopic (exact) mass is 319 g/mol. The highest BCUT2D eigenvalue weighted by Gasteiger charge is 2.48. The van der Waals surface area contributed by atoms with Crippen molar-refractivity contribution in [2.75, 3.05) is 0 Å². The third-order valence-corrected chi connectivity index (χ3v) is 3.51. The Balaban J connectivity index is 2.75. The molecule has 5 unspecified atom stereocenters. The van der Waals surface area contributed by atoms with Gasteiger partial charge in [0.2, 0.25) is 0 Å². The molecule has 8 N–H and O–H groups in total. The van der Waals surface area contributed by atoms with Gasteiger partial charge >= 0.3 is 5.97 Å². The normalized spacial score (nSPS) is 32.8. The summed E-state index contributed by atoms with van der Waals surface area (Å²) in [6.07, 6.45) is -3.19. The lowest BCUT2D eigenvalue weighted by molar-refractivity contribution is -0.254. The zero-order valence-electron chi connectivity index (χ0n) is 12.5. The number of aliphatic hydroxyl groups is 3. The van der Waals surface area contributed by atoms with Crippen LogP contribution in [0, 0.1) is 0 Å². The zero-order chi connectivity index (χ0) is 16.9. The maximum Gasteiger partial charge on any atom is 0.335 e. The molecule has 0 aromatic rings. The van der Waals surface area contributed by atoms with Crippen LogP contribution in [0.25, 0.3) is 0 Å². The summed E-state index contributed by atoms with van der Waals surface area (Å²) in [6, 6.07) is 0. The van der Waals surface area contributed by atoms with Crippen molar-refractivity contribution in [2.45, 2.75) is 63.3 Å². The number of ether oxygens (including phenoxy) is 1. The van der Waals surface area contributed by atoms with Gasteiger partial charge in [-0.1, -0.05) is 19.8 Å². The lowest BCUT2D eigenvalue weighted by Gasteiger charge is -2.41. The molecular formula is C13H25N3O6. The number of carboxylic acids is 1. The molecule has 0 radical (unpaired) electrons. The van der Waals surface area contributed by atoms with Gasteiger partial charge in [-0.2, -0.15) is 0 Å². The van der Waals surface area contributed by atoms with Crippen molar-refractivity contribution in [3.05, 3.63) is 11.9 Å². The van der Waals surface area contributed by atoms with Crippen molar-refractivity contribution in [3.63, 3.8) is 0 Å². The van der Waals surface area contributed by atoms with Crippen molar-refractivity contribution in [3.8, 4) is 0 Å². The number of hydrogen-bond donors (Lipinski definition) is 6. The Kier molecular flexibility index (Phi) is 7.04. The van der Waals surface area contributed by atoms with Gasteiger partial charge in [0.25, 0.3) is 0 Å². The highest BCUT2D eigenvalue weighted by molar-refractivity contribution is 5.73. The molecule has 1 aliphatic heterocycles. The highest BCUT2D eigenvalue weighted by atomic mass is 16.6. The topological polar surface area (TPSA) is 162 Å². The molecule has 1 rings (SSSR count). The zero-order valence-corrected chi connectivity index (χ0v) is 12.5. The molecule has 9 heteroatoms. The van der Waals surface area contributed by atoms with Crippen LogP contribution in [0.3, 0.4) is 0 Å². The van der Waals surface area contributed by atoms with Gasteiger partial charge < -0.3 is 30.9 Å². The van der Waals surface area contributed by atoms with Gasteiger partial charge in [0.1, 0.15) is 18.3 Å². The number of aliphatic carboxylic acids is 1. The SMILES string of the molecule is CCCCC/C(N)=C/N(N)C1OC(C(=O)O)C(O)C(O)C1O. The number of unbranched alkanes of at least 4 members (excludes halogenated alkanes) is 2. The largest absolute Gasteiger partial charge is 0.479 e. The quantitative estimate of drug-likeness (QED) is 0.185. The summed E-state index contributed by atoms with van der Waals surface area (Å²) < 4.78 is 5.07. The minimum atomic E-state index is -1.75. The van der Waals surface area contributed by atoms with Gasteiger partial charge in [0, 0.05) is 11.9 Å². The van der Waals surface area contributed by atoms with Crippen molar-refractivity contribution >= 4 is 5.97 Å². The van der Waals surface area contributed by atoms with Gasteiger partial charge in [-0.15, -0.1) is 0 Å². The number of carboxylic acid groups (broad SMARTS) is 1. The Hall–Kier alpha value is -1.39. The fraction of sp³-hybridized carbons (Fsp3) is 0.769. The minimum Gasteiger partial charge on any atom is -0.479 e. The van der Waals surface area contributed by atoms with E-state index >= 15 is 0 Å². The predicted octanol–water partition coefficient (Wildman–Crippen LogP) is -1.57. The van der Waals surface area contributed by atoms with Crippen molar-refractivity contribution in [1.29, 1.82) is 0 Å². The van der Waals surface area contributed by atoms with Crippen molar-refractivity contribution in [1.82, 2.24) is 5.01 Å². The van der Waals surface area contributed by atoms with E-state index in [1.54, 1.807) is 0 Å². The first-order valence-corrected chi connectivity index (χ1v) is 7.21. The molecular weight excluding hydrogens is 294 g/mol. The van der Waals surface area contributed by atoms with Gasteiger partial charge in [-0.25, -0.2) is 10.6 Å². The lowest BCUT2D eigenvalue weighted by atomic mass is 9.98.